The number of carboxylic acid groups (broad SMARTS) is 1. The van der Waals surface area contributed by atoms with Gasteiger partial charge in [-0.05, 0) is 41.0 Å². The van der Waals surface area contributed by atoms with Crippen molar-refractivity contribution in [2.45, 2.75) is 30.8 Å². The lowest BCUT2D eigenvalue weighted by Gasteiger charge is -2.37. The fourth-order valence-corrected chi connectivity index (χ4v) is 6.47. The number of fused-ring (bicyclic) bond motifs is 4. The minimum absolute atomic E-state index is 0.0227. The number of carbonyl (C=O) groups excluding carboxylic acids is 2. The van der Waals surface area contributed by atoms with E-state index in [2.05, 4.69) is 34.6 Å². The Balaban J connectivity index is 1.06. The number of aromatic nitrogens is 1. The SMILES string of the molecule is O=C(NCc1ncc(C(=O)N2CC3CC2(C(=O)O)C3)s1)OCC1c2ccccc2-c2ccccc21. The standard InChI is InChI=1S/C26H23N3O5S/c30-23(29-13-15-9-26(29,10-15)24(31)32)21-11-27-22(35-21)12-28-25(33)34-14-20-18-7-3-1-5-16(18)17-6-2-4-8-19(17)20/h1-8,11,15,20H,9-10,12-14H2,(H,28,33)(H,31,32). The molecule has 0 radical (unpaired) electrons. The Morgan fingerprint density at radius 3 is 2.40 bits per heavy atom. The molecule has 2 aromatic carbocycles. The molecule has 2 aliphatic carbocycles. The van der Waals surface area contributed by atoms with Crippen molar-refractivity contribution in [1.82, 2.24) is 15.2 Å². The number of amides is 2. The summed E-state index contributed by atoms with van der Waals surface area (Å²) in [6, 6.07) is 16.3. The Bertz CT molecular complexity index is 1300. The summed E-state index contributed by atoms with van der Waals surface area (Å²) >= 11 is 1.16. The minimum Gasteiger partial charge on any atom is -0.479 e. The van der Waals surface area contributed by atoms with Gasteiger partial charge in [-0.25, -0.2) is 14.6 Å². The van der Waals surface area contributed by atoms with Gasteiger partial charge in [-0.15, -0.1) is 11.3 Å². The highest BCUT2D eigenvalue weighted by Crippen LogP contribution is 2.51. The van der Waals surface area contributed by atoms with Crippen LogP contribution in [0.4, 0.5) is 4.79 Å². The number of nitrogens with zero attached hydrogens (tertiary/aromatic N) is 2. The second kappa shape index (κ2) is 8.20. The van der Waals surface area contributed by atoms with Crippen molar-refractivity contribution in [3.05, 3.63) is 75.7 Å². The average molecular weight is 490 g/mol. The molecule has 3 aromatic rings. The van der Waals surface area contributed by atoms with E-state index in [1.165, 1.54) is 11.1 Å². The van der Waals surface area contributed by atoms with Crippen molar-refractivity contribution in [1.29, 1.82) is 0 Å². The molecule has 0 spiro atoms. The molecule has 0 atom stereocenters. The Morgan fingerprint density at radius 2 is 1.74 bits per heavy atom. The highest BCUT2D eigenvalue weighted by Gasteiger charge is 2.63. The summed E-state index contributed by atoms with van der Waals surface area (Å²) in [4.78, 5) is 43.1. The molecule has 2 saturated heterocycles. The van der Waals surface area contributed by atoms with Crippen LogP contribution < -0.4 is 5.32 Å². The first-order valence-electron chi connectivity index (χ1n) is 11.6. The van der Waals surface area contributed by atoms with Crippen molar-refractivity contribution >= 4 is 29.3 Å². The number of ether oxygens (including phenoxy) is 1. The van der Waals surface area contributed by atoms with E-state index < -0.39 is 17.6 Å². The van der Waals surface area contributed by atoms with Crippen LogP contribution in [-0.2, 0) is 16.1 Å². The molecule has 35 heavy (non-hydrogen) atoms. The van der Waals surface area contributed by atoms with Crippen LogP contribution >= 0.6 is 11.3 Å². The molecule has 0 unspecified atom stereocenters. The zero-order valence-corrected chi connectivity index (χ0v) is 19.6. The minimum atomic E-state index is -1.06. The summed E-state index contributed by atoms with van der Waals surface area (Å²) in [5.41, 5.74) is 3.55. The maximum atomic E-state index is 12.9. The zero-order valence-electron chi connectivity index (χ0n) is 18.8. The molecule has 7 rings (SSSR count). The predicted octanol–water partition coefficient (Wildman–Crippen LogP) is 3.87. The van der Waals surface area contributed by atoms with Gasteiger partial charge in [-0.2, -0.15) is 0 Å². The molecule has 2 amide bonds. The number of hydrogen-bond donors (Lipinski definition) is 2. The number of alkyl carbamates (subject to hydrolysis) is 1. The Kier molecular flexibility index (Phi) is 5.10. The summed E-state index contributed by atoms with van der Waals surface area (Å²) in [5, 5.41) is 12.9. The van der Waals surface area contributed by atoms with Crippen LogP contribution in [0.2, 0.25) is 0 Å². The number of rotatable bonds is 6. The zero-order chi connectivity index (χ0) is 24.2. The molecule has 2 N–H and O–H groups in total. The van der Waals surface area contributed by atoms with Crippen molar-refractivity contribution in [3.63, 3.8) is 0 Å². The van der Waals surface area contributed by atoms with E-state index in [0.29, 0.717) is 29.3 Å². The summed E-state index contributed by atoms with van der Waals surface area (Å²) in [6.07, 6.45) is 1.93. The van der Waals surface area contributed by atoms with Crippen molar-refractivity contribution < 1.29 is 24.2 Å². The number of carboxylic acids is 1. The molecule has 4 aliphatic rings. The lowest BCUT2D eigenvalue weighted by molar-refractivity contribution is -0.151. The van der Waals surface area contributed by atoms with Crippen LogP contribution in [0.15, 0.2) is 54.7 Å². The van der Waals surface area contributed by atoms with Gasteiger partial charge in [0.2, 0.25) is 0 Å². The largest absolute Gasteiger partial charge is 0.479 e. The summed E-state index contributed by atoms with van der Waals surface area (Å²) in [7, 11) is 0. The van der Waals surface area contributed by atoms with Crippen LogP contribution in [0.3, 0.4) is 0 Å². The van der Waals surface area contributed by atoms with Gasteiger partial charge in [0.1, 0.15) is 22.0 Å². The molecule has 9 heteroatoms. The van der Waals surface area contributed by atoms with Gasteiger partial charge in [0.05, 0.1) is 12.7 Å². The normalized spacial score (nSPS) is 21.7. The van der Waals surface area contributed by atoms with Gasteiger partial charge in [-0.1, -0.05) is 48.5 Å². The van der Waals surface area contributed by atoms with Crippen LogP contribution in [0.1, 0.15) is 44.6 Å². The maximum Gasteiger partial charge on any atom is 0.407 e. The van der Waals surface area contributed by atoms with E-state index in [1.54, 1.807) is 0 Å². The van der Waals surface area contributed by atoms with Crippen LogP contribution in [-0.4, -0.2) is 51.7 Å². The molecule has 1 aromatic heterocycles. The van der Waals surface area contributed by atoms with Gasteiger partial charge < -0.3 is 20.1 Å². The summed E-state index contributed by atoms with van der Waals surface area (Å²) in [6.45, 7) is 0.812. The van der Waals surface area contributed by atoms with Crippen LogP contribution in [0, 0.1) is 5.92 Å². The summed E-state index contributed by atoms with van der Waals surface area (Å²) in [5.74, 6) is -1.01. The molecule has 2 aliphatic heterocycles. The first-order chi connectivity index (χ1) is 17.0. The third-order valence-corrected chi connectivity index (χ3v) is 8.33. The Labute approximate surface area is 205 Å². The lowest BCUT2D eigenvalue weighted by Crippen LogP contribution is -2.54. The first-order valence-corrected chi connectivity index (χ1v) is 12.4. The van der Waals surface area contributed by atoms with Gasteiger partial charge in [0.15, 0.2) is 0 Å². The average Bonchev–Trinajstić information content (AvgIpc) is 3.61. The number of carbonyl (C=O) groups is 3. The molecule has 2 bridgehead atoms. The van der Waals surface area contributed by atoms with Gasteiger partial charge in [0, 0.05) is 12.5 Å². The number of thiazole rings is 1. The monoisotopic (exact) mass is 489 g/mol. The molecular weight excluding hydrogens is 466 g/mol. The second-order valence-corrected chi connectivity index (χ2v) is 10.4. The molecule has 178 valence electrons. The topological polar surface area (TPSA) is 109 Å². The van der Waals surface area contributed by atoms with Gasteiger partial charge >= 0.3 is 12.1 Å². The van der Waals surface area contributed by atoms with Gasteiger partial charge in [-0.3, -0.25) is 4.79 Å². The fourth-order valence-electron chi connectivity index (χ4n) is 5.67. The maximum absolute atomic E-state index is 12.9. The molecule has 3 fully saturated rings. The Hall–Kier alpha value is -3.72. The molecule has 8 nitrogen and oxygen atoms in total. The van der Waals surface area contributed by atoms with E-state index in [1.807, 2.05) is 24.3 Å². The predicted molar refractivity (Wildman–Crippen MR) is 128 cm³/mol. The Morgan fingerprint density at radius 1 is 1.09 bits per heavy atom. The molecular formula is C26H23N3O5S. The van der Waals surface area contributed by atoms with E-state index >= 15 is 0 Å². The van der Waals surface area contributed by atoms with Crippen LogP contribution in [0.5, 0.6) is 0 Å². The quantitative estimate of drug-likeness (QED) is 0.544. The highest BCUT2D eigenvalue weighted by atomic mass is 32.1. The fraction of sp³-hybridized carbons (Fsp3) is 0.308. The highest BCUT2D eigenvalue weighted by molar-refractivity contribution is 7.13. The number of benzene rings is 2. The van der Waals surface area contributed by atoms with E-state index in [-0.39, 0.29) is 30.9 Å². The second-order valence-electron chi connectivity index (χ2n) is 9.32. The molecule has 3 heterocycles. The number of nitrogens with one attached hydrogen (secondary N) is 1. The first kappa shape index (κ1) is 21.8. The number of aliphatic carboxylic acids is 1. The van der Waals surface area contributed by atoms with Crippen molar-refractivity contribution in [2.75, 3.05) is 13.2 Å². The third kappa shape index (κ3) is 3.49. The van der Waals surface area contributed by atoms with E-state index in [4.69, 9.17) is 4.74 Å². The van der Waals surface area contributed by atoms with Gasteiger partial charge in [0.25, 0.3) is 5.91 Å². The summed E-state index contributed by atoms with van der Waals surface area (Å²) < 4.78 is 5.54. The number of hydrogen-bond acceptors (Lipinski definition) is 6. The lowest BCUT2D eigenvalue weighted by atomic mass is 9.73. The van der Waals surface area contributed by atoms with Crippen molar-refractivity contribution in [2.24, 2.45) is 5.92 Å². The third-order valence-electron chi connectivity index (χ3n) is 7.35. The smallest absolute Gasteiger partial charge is 0.407 e. The van der Waals surface area contributed by atoms with Crippen LogP contribution in [0.25, 0.3) is 11.1 Å². The molecule has 1 saturated carbocycles. The van der Waals surface area contributed by atoms with E-state index in [0.717, 1.165) is 33.6 Å². The van der Waals surface area contributed by atoms with Crippen molar-refractivity contribution in [3.8, 4) is 11.1 Å². The van der Waals surface area contributed by atoms with E-state index in [9.17, 15) is 19.5 Å².